The number of piperazine rings is 1. The van der Waals surface area contributed by atoms with Gasteiger partial charge in [0, 0.05) is 32.2 Å². The summed E-state index contributed by atoms with van der Waals surface area (Å²) in [5.41, 5.74) is 6.26. The first-order chi connectivity index (χ1) is 14.1. The first-order valence-corrected chi connectivity index (χ1v) is 11.2. The van der Waals surface area contributed by atoms with E-state index in [1.54, 1.807) is 24.3 Å². The van der Waals surface area contributed by atoms with Crippen molar-refractivity contribution >= 4 is 17.5 Å². The monoisotopic (exact) mass is 396 g/mol. The van der Waals surface area contributed by atoms with Gasteiger partial charge in [0.15, 0.2) is 0 Å². The van der Waals surface area contributed by atoms with E-state index in [0.29, 0.717) is 17.8 Å². The van der Waals surface area contributed by atoms with Crippen molar-refractivity contribution in [3.63, 3.8) is 0 Å². The van der Waals surface area contributed by atoms with Crippen LogP contribution < -0.4 is 11.1 Å². The highest BCUT2D eigenvalue weighted by molar-refractivity contribution is 6.03. The van der Waals surface area contributed by atoms with Crippen LogP contribution in [0, 0.1) is 23.7 Å². The quantitative estimate of drug-likeness (QED) is 0.800. The van der Waals surface area contributed by atoms with Gasteiger partial charge in [-0.2, -0.15) is 0 Å². The summed E-state index contributed by atoms with van der Waals surface area (Å²) in [5.74, 6) is 3.27. The highest BCUT2D eigenvalue weighted by atomic mass is 16.2. The first-order valence-electron chi connectivity index (χ1n) is 11.2. The van der Waals surface area contributed by atoms with Crippen molar-refractivity contribution in [1.29, 1.82) is 0 Å². The largest absolute Gasteiger partial charge is 0.366 e. The summed E-state index contributed by atoms with van der Waals surface area (Å²) in [6.45, 7) is 4.38. The lowest BCUT2D eigenvalue weighted by Crippen LogP contribution is -2.60. The van der Waals surface area contributed by atoms with Crippen LogP contribution in [0.4, 0.5) is 5.69 Å². The Kier molecular flexibility index (Phi) is 5.08. The molecule has 2 amide bonds. The number of nitrogens with two attached hydrogens (primary N) is 1. The summed E-state index contributed by atoms with van der Waals surface area (Å²) in [7, 11) is 0. The third-order valence-corrected chi connectivity index (χ3v) is 7.84. The van der Waals surface area contributed by atoms with E-state index in [9.17, 15) is 9.59 Å². The predicted octanol–water partition coefficient (Wildman–Crippen LogP) is 2.17. The summed E-state index contributed by atoms with van der Waals surface area (Å²) < 4.78 is 0. The van der Waals surface area contributed by atoms with Crippen LogP contribution in [0.5, 0.6) is 0 Å². The first kappa shape index (κ1) is 19.1. The number of hydrogen-bond donors (Lipinski definition) is 2. The lowest BCUT2D eigenvalue weighted by Gasteiger charge is -2.58. The molecule has 1 aromatic rings. The number of carbonyl (C=O) groups excluding carboxylic acids is 2. The highest BCUT2D eigenvalue weighted by Gasteiger charge is 2.50. The summed E-state index contributed by atoms with van der Waals surface area (Å²) in [6.07, 6.45) is 7.33. The second kappa shape index (κ2) is 7.73. The zero-order valence-electron chi connectivity index (χ0n) is 17.1. The number of nitrogens with zero attached hydrogens (tertiary/aromatic N) is 2. The van der Waals surface area contributed by atoms with Gasteiger partial charge in [-0.3, -0.25) is 19.4 Å². The number of hydrogen-bond acceptors (Lipinski definition) is 4. The minimum absolute atomic E-state index is 0.0817. The molecule has 5 fully saturated rings. The molecule has 0 atom stereocenters. The molecule has 1 aromatic carbocycles. The molecule has 1 saturated heterocycles. The van der Waals surface area contributed by atoms with Crippen molar-refractivity contribution in [1.82, 2.24) is 9.80 Å². The molecule has 5 aliphatic rings. The van der Waals surface area contributed by atoms with Gasteiger partial charge in [-0.15, -0.1) is 0 Å². The van der Waals surface area contributed by atoms with Gasteiger partial charge in [-0.1, -0.05) is 12.1 Å². The van der Waals surface area contributed by atoms with E-state index in [1.807, 2.05) is 0 Å². The summed E-state index contributed by atoms with van der Waals surface area (Å²) >= 11 is 0. The van der Waals surface area contributed by atoms with Gasteiger partial charge >= 0.3 is 0 Å². The molecule has 3 N–H and O–H groups in total. The molecule has 4 aliphatic carbocycles. The van der Waals surface area contributed by atoms with Gasteiger partial charge in [0.1, 0.15) is 0 Å². The van der Waals surface area contributed by atoms with Crippen molar-refractivity contribution in [3.05, 3.63) is 29.8 Å². The smallest absolute Gasteiger partial charge is 0.250 e. The van der Waals surface area contributed by atoms with Crippen molar-refractivity contribution in [2.24, 2.45) is 29.4 Å². The fraction of sp³-hybridized carbons (Fsp3) is 0.652. The van der Waals surface area contributed by atoms with Crippen molar-refractivity contribution in [2.75, 3.05) is 38.0 Å². The molecule has 0 unspecified atom stereocenters. The topological polar surface area (TPSA) is 78.7 Å². The number of carbonyl (C=O) groups is 2. The van der Waals surface area contributed by atoms with Crippen LogP contribution in [0.2, 0.25) is 0 Å². The molecule has 6 heteroatoms. The van der Waals surface area contributed by atoms with E-state index < -0.39 is 5.91 Å². The van der Waals surface area contributed by atoms with E-state index in [0.717, 1.165) is 55.9 Å². The Morgan fingerprint density at radius 1 is 0.931 bits per heavy atom. The number of nitrogens with one attached hydrogen (secondary N) is 1. The zero-order chi connectivity index (χ0) is 20.0. The van der Waals surface area contributed by atoms with E-state index in [2.05, 4.69) is 15.1 Å². The molecule has 6 nitrogen and oxygen atoms in total. The minimum atomic E-state index is -0.523. The average molecular weight is 397 g/mol. The third kappa shape index (κ3) is 3.80. The molecule has 1 aliphatic heterocycles. The molecule has 4 bridgehead atoms. The maximum atomic E-state index is 12.5. The Balaban J connectivity index is 1.14. The van der Waals surface area contributed by atoms with E-state index in [1.165, 1.54) is 32.1 Å². The van der Waals surface area contributed by atoms with E-state index in [-0.39, 0.29) is 5.91 Å². The van der Waals surface area contributed by atoms with E-state index in [4.69, 9.17) is 5.73 Å². The zero-order valence-corrected chi connectivity index (χ0v) is 17.1. The Hall–Kier alpha value is -1.92. The molecular formula is C23H32N4O2. The Morgan fingerprint density at radius 3 is 2.17 bits per heavy atom. The standard InChI is InChI=1S/C23H32N4O2/c24-23(29)19-3-1-2-4-20(19)25-21(28)14-26-5-7-27(8-6-26)22-17-10-15-9-16(12-17)13-18(22)11-15/h1-4,15-18,22H,5-14H2,(H2,24,29)(H,25,28). The van der Waals surface area contributed by atoms with Crippen molar-refractivity contribution in [3.8, 4) is 0 Å². The number of para-hydroxylation sites is 1. The molecule has 4 saturated carbocycles. The van der Waals surface area contributed by atoms with Crippen LogP contribution in [0.3, 0.4) is 0 Å². The van der Waals surface area contributed by atoms with E-state index >= 15 is 0 Å². The fourth-order valence-corrected chi connectivity index (χ4v) is 6.91. The number of anilines is 1. The maximum absolute atomic E-state index is 12.5. The van der Waals surface area contributed by atoms with Crippen LogP contribution in [0.25, 0.3) is 0 Å². The fourth-order valence-electron chi connectivity index (χ4n) is 6.91. The van der Waals surface area contributed by atoms with Crippen molar-refractivity contribution < 1.29 is 9.59 Å². The summed E-state index contributed by atoms with van der Waals surface area (Å²) in [6, 6.07) is 7.70. The second-order valence-corrected chi connectivity index (χ2v) is 9.69. The molecule has 0 radical (unpaired) electrons. The Labute approximate surface area is 172 Å². The highest BCUT2D eigenvalue weighted by Crippen LogP contribution is 2.55. The number of rotatable bonds is 5. The average Bonchev–Trinajstić information content (AvgIpc) is 2.68. The van der Waals surface area contributed by atoms with Crippen LogP contribution in [-0.4, -0.2) is 60.4 Å². The van der Waals surface area contributed by atoms with Gasteiger partial charge < -0.3 is 11.1 Å². The molecule has 0 aromatic heterocycles. The van der Waals surface area contributed by atoms with Gasteiger partial charge in [-0.25, -0.2) is 0 Å². The van der Waals surface area contributed by atoms with Gasteiger partial charge in [0.25, 0.3) is 5.91 Å². The van der Waals surface area contributed by atoms with Gasteiger partial charge in [0.05, 0.1) is 17.8 Å². The van der Waals surface area contributed by atoms with Crippen LogP contribution in [0.15, 0.2) is 24.3 Å². The summed E-state index contributed by atoms with van der Waals surface area (Å²) in [4.78, 5) is 29.0. The molecular weight excluding hydrogens is 364 g/mol. The maximum Gasteiger partial charge on any atom is 0.250 e. The molecule has 29 heavy (non-hydrogen) atoms. The predicted molar refractivity (Wildman–Crippen MR) is 112 cm³/mol. The molecule has 0 spiro atoms. The number of primary amides is 1. The van der Waals surface area contributed by atoms with Gasteiger partial charge in [-0.05, 0) is 67.9 Å². The van der Waals surface area contributed by atoms with Gasteiger partial charge in [0.2, 0.25) is 5.91 Å². The number of benzene rings is 1. The minimum Gasteiger partial charge on any atom is -0.366 e. The lowest BCUT2D eigenvalue weighted by molar-refractivity contribution is -0.118. The third-order valence-electron chi connectivity index (χ3n) is 7.84. The normalized spacial score (nSPS) is 34.3. The summed E-state index contributed by atoms with van der Waals surface area (Å²) in [5, 5.41) is 2.86. The number of amides is 2. The van der Waals surface area contributed by atoms with Crippen LogP contribution in [0.1, 0.15) is 42.5 Å². The molecule has 1 heterocycles. The van der Waals surface area contributed by atoms with Crippen LogP contribution in [-0.2, 0) is 4.79 Å². The van der Waals surface area contributed by atoms with Crippen molar-refractivity contribution in [2.45, 2.75) is 38.1 Å². The van der Waals surface area contributed by atoms with Crippen LogP contribution >= 0.6 is 0 Å². The molecule has 6 rings (SSSR count). The SMILES string of the molecule is NC(=O)c1ccccc1NC(=O)CN1CCN(C2C3CC4CC(C3)CC2C4)CC1. The Morgan fingerprint density at radius 2 is 1.55 bits per heavy atom. The Bertz CT molecular complexity index is 759. The lowest BCUT2D eigenvalue weighted by atomic mass is 9.54. The molecule has 156 valence electrons. The second-order valence-electron chi connectivity index (χ2n) is 9.69.